The summed E-state index contributed by atoms with van der Waals surface area (Å²) in [5, 5.41) is 1.05. The topological polar surface area (TPSA) is 47.0 Å². The molecule has 0 saturated carbocycles. The molecule has 0 radical (unpaired) electrons. The molecule has 0 N–H and O–H groups in total. The van der Waals surface area contributed by atoms with E-state index in [1.807, 2.05) is 0 Å². The Kier molecular flexibility index (Phi) is 2.67. The molecule has 0 atom stereocenters. The summed E-state index contributed by atoms with van der Waals surface area (Å²) in [5.41, 5.74) is 0.301. The fourth-order valence-electron chi connectivity index (χ4n) is 0.760. The van der Waals surface area contributed by atoms with Crippen molar-refractivity contribution in [2.45, 2.75) is 0 Å². The van der Waals surface area contributed by atoms with E-state index in [2.05, 4.69) is 9.68 Å². The first kappa shape index (κ1) is 9.29. The van der Waals surface area contributed by atoms with Gasteiger partial charge in [-0.2, -0.15) is 4.85 Å². The van der Waals surface area contributed by atoms with Crippen molar-refractivity contribution in [1.29, 1.82) is 0 Å². The van der Waals surface area contributed by atoms with Crippen LogP contribution < -0.4 is 0 Å². The second-order valence-electron chi connectivity index (χ2n) is 2.27. The number of nitrogens with zero attached hydrogens (tertiary/aromatic N) is 2. The smallest absolute Gasteiger partial charge is 0.346 e. The van der Waals surface area contributed by atoms with Crippen LogP contribution in [0.3, 0.4) is 0 Å². The van der Waals surface area contributed by atoms with Crippen LogP contribution in [0.1, 0.15) is 10.4 Å². The van der Waals surface area contributed by atoms with Crippen molar-refractivity contribution in [1.82, 2.24) is 5.06 Å². The van der Waals surface area contributed by atoms with Gasteiger partial charge in [-0.15, -0.1) is 0 Å². The normalized spacial score (nSPS) is 9.31. The van der Waals surface area contributed by atoms with E-state index < -0.39 is 0 Å². The van der Waals surface area contributed by atoms with Crippen LogP contribution in [-0.4, -0.2) is 25.1 Å². The molecule has 13 heavy (non-hydrogen) atoms. The molecule has 5 heteroatoms. The molecule has 0 fully saturated rings. The van der Waals surface area contributed by atoms with Crippen LogP contribution in [0, 0.1) is 6.57 Å². The number of furan rings is 1. The summed E-state index contributed by atoms with van der Waals surface area (Å²) in [6.45, 7) is 6.63. The van der Waals surface area contributed by atoms with Gasteiger partial charge in [-0.25, -0.2) is 5.06 Å². The highest BCUT2D eigenvalue weighted by molar-refractivity contribution is 5.93. The summed E-state index contributed by atoms with van der Waals surface area (Å²) in [7, 11) is 2.86. The van der Waals surface area contributed by atoms with Gasteiger partial charge in [0.05, 0.1) is 25.5 Å². The molecular formula is C8H8N2O3. The van der Waals surface area contributed by atoms with Crippen molar-refractivity contribution < 1.29 is 14.0 Å². The first-order valence-corrected chi connectivity index (χ1v) is 3.47. The molecule has 68 valence electrons. The molecule has 0 aromatic carbocycles. The van der Waals surface area contributed by atoms with E-state index in [0.29, 0.717) is 5.56 Å². The predicted molar refractivity (Wildman–Crippen MR) is 44.1 cm³/mol. The van der Waals surface area contributed by atoms with Crippen molar-refractivity contribution in [2.24, 2.45) is 0 Å². The van der Waals surface area contributed by atoms with Crippen LogP contribution in [0.15, 0.2) is 16.7 Å². The van der Waals surface area contributed by atoms with Gasteiger partial charge in [-0.05, 0) is 6.07 Å². The lowest BCUT2D eigenvalue weighted by atomic mass is 10.3. The molecule has 0 aliphatic carbocycles. The van der Waals surface area contributed by atoms with Crippen molar-refractivity contribution >= 4 is 11.8 Å². The van der Waals surface area contributed by atoms with E-state index in [9.17, 15) is 4.79 Å². The average Bonchev–Trinajstić information content (AvgIpc) is 2.63. The molecule has 1 amide bonds. The van der Waals surface area contributed by atoms with Gasteiger partial charge in [0.25, 0.3) is 5.91 Å². The summed E-state index contributed by atoms with van der Waals surface area (Å²) < 4.78 is 4.77. The molecule has 0 aliphatic rings. The first-order valence-electron chi connectivity index (χ1n) is 3.47. The van der Waals surface area contributed by atoms with Crippen LogP contribution in [0.5, 0.6) is 0 Å². The number of hydroxylamine groups is 2. The van der Waals surface area contributed by atoms with Crippen molar-refractivity contribution in [3.05, 3.63) is 29.3 Å². The monoisotopic (exact) mass is 180 g/mol. The van der Waals surface area contributed by atoms with E-state index in [4.69, 9.17) is 11.0 Å². The van der Waals surface area contributed by atoms with Crippen molar-refractivity contribution in [3.8, 4) is 0 Å². The van der Waals surface area contributed by atoms with Gasteiger partial charge >= 0.3 is 5.88 Å². The minimum Gasteiger partial charge on any atom is -0.486 e. The lowest BCUT2D eigenvalue weighted by Crippen LogP contribution is -2.24. The Hall–Kier alpha value is -1.80. The molecule has 0 unspecified atom stereocenters. The molecule has 1 aromatic rings. The largest absolute Gasteiger partial charge is 0.486 e. The predicted octanol–water partition coefficient (Wildman–Crippen LogP) is 1.46. The summed E-state index contributed by atoms with van der Waals surface area (Å²) in [6, 6.07) is 1.37. The Bertz CT molecular complexity index is 351. The zero-order valence-electron chi connectivity index (χ0n) is 7.27. The van der Waals surface area contributed by atoms with E-state index in [1.165, 1.54) is 26.5 Å². The zero-order valence-corrected chi connectivity index (χ0v) is 7.27. The molecule has 1 heterocycles. The molecule has 0 spiro atoms. The molecule has 1 rings (SSSR count). The highest BCUT2D eigenvalue weighted by Crippen LogP contribution is 2.17. The fraction of sp³-hybridized carbons (Fsp3) is 0.250. The summed E-state index contributed by atoms with van der Waals surface area (Å²) in [5.74, 6) is -0.256. The number of carbonyl (C=O) groups is 1. The Labute approximate surface area is 75.3 Å². The van der Waals surface area contributed by atoms with Gasteiger partial charge in [0.15, 0.2) is 0 Å². The number of hydrogen-bond acceptors (Lipinski definition) is 3. The zero-order chi connectivity index (χ0) is 9.84. The lowest BCUT2D eigenvalue weighted by Gasteiger charge is -2.11. The maximum atomic E-state index is 11.3. The van der Waals surface area contributed by atoms with Crippen LogP contribution >= 0.6 is 0 Å². The van der Waals surface area contributed by atoms with Gasteiger partial charge < -0.3 is 4.42 Å². The molecule has 0 aliphatic heterocycles. The molecule has 1 aromatic heterocycles. The maximum absolute atomic E-state index is 11.3. The van der Waals surface area contributed by atoms with Gasteiger partial charge in [-0.1, -0.05) is 0 Å². The second-order valence-corrected chi connectivity index (χ2v) is 2.27. The Morgan fingerprint density at radius 2 is 2.46 bits per heavy atom. The SMILES string of the molecule is [C-]#[N+]c1cc(C(=O)N(C)OC)co1. The quantitative estimate of drug-likeness (QED) is 0.511. The van der Waals surface area contributed by atoms with Crippen LogP contribution in [0.2, 0.25) is 0 Å². The van der Waals surface area contributed by atoms with E-state index in [1.54, 1.807) is 0 Å². The third-order valence-electron chi connectivity index (χ3n) is 1.50. The Morgan fingerprint density at radius 3 is 2.92 bits per heavy atom. The third-order valence-corrected chi connectivity index (χ3v) is 1.50. The molecule has 0 saturated heterocycles. The van der Waals surface area contributed by atoms with Crippen molar-refractivity contribution in [3.63, 3.8) is 0 Å². The fourth-order valence-corrected chi connectivity index (χ4v) is 0.760. The second kappa shape index (κ2) is 3.74. The minimum absolute atomic E-state index is 0.0906. The first-order chi connectivity index (χ1) is 6.19. The van der Waals surface area contributed by atoms with Gasteiger partial charge in [0.1, 0.15) is 0 Å². The number of carbonyl (C=O) groups excluding carboxylic acids is 1. The van der Waals surface area contributed by atoms with E-state index >= 15 is 0 Å². The number of amides is 1. The summed E-state index contributed by atoms with van der Waals surface area (Å²) in [6.07, 6.45) is 1.23. The standard InChI is InChI=1S/C8H8N2O3/c1-9-7-4-6(5-13-7)8(11)10(2)12-3/h4-5H,2-3H3. The summed E-state index contributed by atoms with van der Waals surface area (Å²) >= 11 is 0. The van der Waals surface area contributed by atoms with E-state index in [-0.39, 0.29) is 11.8 Å². The lowest BCUT2D eigenvalue weighted by molar-refractivity contribution is -0.0757. The van der Waals surface area contributed by atoms with Gasteiger partial charge in [0, 0.05) is 7.05 Å². The highest BCUT2D eigenvalue weighted by atomic mass is 16.7. The van der Waals surface area contributed by atoms with Crippen LogP contribution in [0.4, 0.5) is 5.88 Å². The number of rotatable bonds is 2. The average molecular weight is 180 g/mol. The van der Waals surface area contributed by atoms with Gasteiger partial charge in [0.2, 0.25) is 0 Å². The van der Waals surface area contributed by atoms with Gasteiger partial charge in [-0.3, -0.25) is 9.63 Å². The minimum atomic E-state index is -0.346. The third kappa shape index (κ3) is 1.86. The summed E-state index contributed by atoms with van der Waals surface area (Å²) in [4.78, 5) is 19.0. The molecule has 5 nitrogen and oxygen atoms in total. The van der Waals surface area contributed by atoms with E-state index in [0.717, 1.165) is 5.06 Å². The van der Waals surface area contributed by atoms with Crippen LogP contribution in [0.25, 0.3) is 4.85 Å². The Morgan fingerprint density at radius 1 is 1.77 bits per heavy atom. The molecule has 0 bridgehead atoms. The number of hydrogen-bond donors (Lipinski definition) is 0. The Balaban J connectivity index is 2.84. The molecular weight excluding hydrogens is 172 g/mol. The highest BCUT2D eigenvalue weighted by Gasteiger charge is 2.13. The van der Waals surface area contributed by atoms with Crippen LogP contribution in [-0.2, 0) is 4.84 Å². The van der Waals surface area contributed by atoms with Crippen molar-refractivity contribution in [2.75, 3.05) is 14.2 Å². The maximum Gasteiger partial charge on any atom is 0.346 e.